The van der Waals surface area contributed by atoms with Gasteiger partial charge in [-0.2, -0.15) is 5.10 Å². The Hall–Kier alpha value is -1.85. The Morgan fingerprint density at radius 3 is 2.50 bits per heavy atom. The van der Waals surface area contributed by atoms with Crippen LogP contribution in [0.15, 0.2) is 0 Å². The van der Waals surface area contributed by atoms with Crippen LogP contribution in [0.3, 0.4) is 0 Å². The number of hydrogen-bond acceptors (Lipinski definition) is 3. The molecule has 0 aliphatic carbocycles. The number of hydrogen-bond donors (Lipinski definition) is 1. The van der Waals surface area contributed by atoms with Crippen molar-refractivity contribution in [2.75, 3.05) is 13.1 Å². The third-order valence-corrected chi connectivity index (χ3v) is 4.81. The van der Waals surface area contributed by atoms with Crippen molar-refractivity contribution >= 4 is 11.8 Å². The number of likely N-dealkylation sites (tertiary alicyclic amines) is 1. The van der Waals surface area contributed by atoms with Gasteiger partial charge < -0.3 is 10.2 Å². The van der Waals surface area contributed by atoms with Crippen molar-refractivity contribution in [3.63, 3.8) is 0 Å². The summed E-state index contributed by atoms with van der Waals surface area (Å²) in [5.41, 5.74) is 3.17. The number of rotatable bonds is 5. The van der Waals surface area contributed by atoms with Crippen molar-refractivity contribution in [3.05, 3.63) is 17.0 Å². The molecule has 0 bridgehead atoms. The lowest BCUT2D eigenvalue weighted by Gasteiger charge is -2.31. The molecule has 2 rings (SSSR count). The van der Waals surface area contributed by atoms with E-state index in [0.717, 1.165) is 18.7 Å². The molecule has 6 nitrogen and oxygen atoms in total. The lowest BCUT2D eigenvalue weighted by molar-refractivity contribution is -0.132. The molecule has 24 heavy (non-hydrogen) atoms. The van der Waals surface area contributed by atoms with E-state index in [9.17, 15) is 9.59 Å². The molecule has 1 unspecified atom stereocenters. The van der Waals surface area contributed by atoms with E-state index >= 15 is 0 Å². The summed E-state index contributed by atoms with van der Waals surface area (Å²) in [4.78, 5) is 26.3. The topological polar surface area (TPSA) is 67.2 Å². The van der Waals surface area contributed by atoms with E-state index in [4.69, 9.17) is 0 Å². The zero-order valence-electron chi connectivity index (χ0n) is 15.8. The monoisotopic (exact) mass is 334 g/mol. The highest BCUT2D eigenvalue weighted by Crippen LogP contribution is 2.25. The summed E-state index contributed by atoms with van der Waals surface area (Å²) in [6.45, 7) is 14.1. The van der Waals surface area contributed by atoms with Crippen LogP contribution in [-0.2, 0) is 22.6 Å². The van der Waals surface area contributed by atoms with Crippen molar-refractivity contribution in [1.82, 2.24) is 20.0 Å². The first-order valence-corrected chi connectivity index (χ1v) is 8.76. The highest BCUT2D eigenvalue weighted by atomic mass is 16.2. The van der Waals surface area contributed by atoms with Crippen molar-refractivity contribution in [3.8, 4) is 0 Å². The Balaban J connectivity index is 1.89. The molecule has 1 saturated heterocycles. The first kappa shape index (κ1) is 18.5. The lowest BCUT2D eigenvalue weighted by Crippen LogP contribution is -2.43. The van der Waals surface area contributed by atoms with Crippen molar-refractivity contribution in [2.45, 2.75) is 66.5 Å². The lowest BCUT2D eigenvalue weighted by atomic mass is 10.1. The number of nitrogens with one attached hydrogen (secondary N) is 1. The summed E-state index contributed by atoms with van der Waals surface area (Å²) in [6.07, 6.45) is 1.09. The summed E-state index contributed by atoms with van der Waals surface area (Å²) in [5, 5.41) is 7.50. The Labute approximate surface area is 144 Å². The molecule has 0 spiro atoms. The minimum Gasteiger partial charge on any atom is -0.355 e. The van der Waals surface area contributed by atoms with Crippen LogP contribution >= 0.6 is 0 Å². The van der Waals surface area contributed by atoms with E-state index in [-0.39, 0.29) is 23.3 Å². The minimum absolute atomic E-state index is 0.0201. The maximum absolute atomic E-state index is 12.4. The second kappa shape index (κ2) is 6.95. The van der Waals surface area contributed by atoms with Crippen molar-refractivity contribution < 1.29 is 9.59 Å². The van der Waals surface area contributed by atoms with E-state index in [0.29, 0.717) is 19.5 Å². The third kappa shape index (κ3) is 3.79. The molecule has 2 heterocycles. The van der Waals surface area contributed by atoms with Crippen LogP contribution in [0.25, 0.3) is 0 Å². The molecule has 1 N–H and O–H groups in total. The van der Waals surface area contributed by atoms with Gasteiger partial charge in [-0.05, 0) is 53.5 Å². The predicted octanol–water partition coefficient (Wildman–Crippen LogP) is 1.83. The standard InChI is InChI=1S/C18H30N4O2/c1-7-22-13(3)15(12(2)20-22)8-9-19-17(24)14-10-16(23)21(11-14)18(4,5)6/h14H,7-11H2,1-6H3,(H,19,24). The first-order valence-electron chi connectivity index (χ1n) is 8.76. The van der Waals surface area contributed by atoms with Crippen LogP contribution in [0.1, 0.15) is 51.1 Å². The normalized spacial score (nSPS) is 18.3. The van der Waals surface area contributed by atoms with Crippen LogP contribution in [0.4, 0.5) is 0 Å². The Morgan fingerprint density at radius 2 is 2.00 bits per heavy atom. The molecule has 0 radical (unpaired) electrons. The fourth-order valence-electron chi connectivity index (χ4n) is 3.39. The maximum Gasteiger partial charge on any atom is 0.225 e. The molecular formula is C18H30N4O2. The van der Waals surface area contributed by atoms with Gasteiger partial charge in [-0.3, -0.25) is 14.3 Å². The molecule has 1 aliphatic rings. The van der Waals surface area contributed by atoms with Gasteiger partial charge >= 0.3 is 0 Å². The highest BCUT2D eigenvalue weighted by molar-refractivity contribution is 5.89. The largest absolute Gasteiger partial charge is 0.355 e. The van der Waals surface area contributed by atoms with Gasteiger partial charge in [0.05, 0.1) is 11.6 Å². The third-order valence-electron chi connectivity index (χ3n) is 4.81. The average molecular weight is 334 g/mol. The molecular weight excluding hydrogens is 304 g/mol. The number of nitrogens with zero attached hydrogens (tertiary/aromatic N) is 3. The van der Waals surface area contributed by atoms with E-state index in [1.165, 1.54) is 11.3 Å². The molecule has 6 heteroatoms. The molecule has 0 aromatic carbocycles. The molecule has 0 saturated carbocycles. The van der Waals surface area contributed by atoms with Crippen LogP contribution in [0.2, 0.25) is 0 Å². The van der Waals surface area contributed by atoms with Gasteiger partial charge in [0.1, 0.15) is 0 Å². The molecule has 1 aromatic rings. The van der Waals surface area contributed by atoms with Crippen molar-refractivity contribution in [2.24, 2.45) is 5.92 Å². The number of amides is 2. The summed E-state index contributed by atoms with van der Waals surface area (Å²) in [5.74, 6) is -0.191. The Bertz CT molecular complexity index is 628. The molecule has 1 atom stereocenters. The SMILES string of the molecule is CCn1nc(C)c(CCNC(=O)C2CC(=O)N(C(C)(C)C)C2)c1C. The number of aryl methyl sites for hydroxylation is 2. The number of carbonyl (C=O) groups excluding carboxylic acids is 2. The second-order valence-corrected chi connectivity index (χ2v) is 7.58. The van der Waals surface area contributed by atoms with Gasteiger partial charge in [0.15, 0.2) is 0 Å². The van der Waals surface area contributed by atoms with Crippen molar-refractivity contribution in [1.29, 1.82) is 0 Å². The summed E-state index contributed by atoms with van der Waals surface area (Å²) in [7, 11) is 0. The maximum atomic E-state index is 12.4. The van der Waals surface area contributed by atoms with Gasteiger partial charge in [-0.15, -0.1) is 0 Å². The van der Waals surface area contributed by atoms with E-state index in [1.54, 1.807) is 4.90 Å². The highest BCUT2D eigenvalue weighted by Gasteiger charge is 2.39. The van der Waals surface area contributed by atoms with E-state index < -0.39 is 0 Å². The van der Waals surface area contributed by atoms with Gasteiger partial charge in [-0.1, -0.05) is 0 Å². The smallest absolute Gasteiger partial charge is 0.225 e. The van der Waals surface area contributed by atoms with Crippen LogP contribution in [0.5, 0.6) is 0 Å². The fraction of sp³-hybridized carbons (Fsp3) is 0.722. The Kier molecular flexibility index (Phi) is 5.35. The summed E-state index contributed by atoms with van der Waals surface area (Å²) >= 11 is 0. The predicted molar refractivity (Wildman–Crippen MR) is 93.7 cm³/mol. The minimum atomic E-state index is -0.239. The van der Waals surface area contributed by atoms with Crippen LogP contribution < -0.4 is 5.32 Å². The second-order valence-electron chi connectivity index (χ2n) is 7.58. The van der Waals surface area contributed by atoms with Gasteiger partial charge in [-0.25, -0.2) is 0 Å². The molecule has 2 amide bonds. The molecule has 1 fully saturated rings. The average Bonchev–Trinajstić information content (AvgIpc) is 3.01. The fourth-order valence-corrected chi connectivity index (χ4v) is 3.39. The quantitative estimate of drug-likeness (QED) is 0.893. The molecule has 1 aromatic heterocycles. The molecule has 134 valence electrons. The number of aromatic nitrogens is 2. The zero-order chi connectivity index (χ0) is 18.1. The first-order chi connectivity index (χ1) is 11.1. The molecule has 1 aliphatic heterocycles. The van der Waals surface area contributed by atoms with E-state index in [1.807, 2.05) is 32.4 Å². The van der Waals surface area contributed by atoms with Gasteiger partial charge in [0, 0.05) is 37.3 Å². The summed E-state index contributed by atoms with van der Waals surface area (Å²) < 4.78 is 1.99. The van der Waals surface area contributed by atoms with Gasteiger partial charge in [0.25, 0.3) is 0 Å². The number of carbonyl (C=O) groups is 2. The van der Waals surface area contributed by atoms with Crippen LogP contribution in [0, 0.1) is 19.8 Å². The van der Waals surface area contributed by atoms with Crippen LogP contribution in [-0.4, -0.2) is 45.1 Å². The van der Waals surface area contributed by atoms with Gasteiger partial charge in [0.2, 0.25) is 11.8 Å². The van der Waals surface area contributed by atoms with E-state index in [2.05, 4.69) is 24.3 Å². The zero-order valence-corrected chi connectivity index (χ0v) is 15.8. The summed E-state index contributed by atoms with van der Waals surface area (Å²) in [6, 6.07) is 0. The Morgan fingerprint density at radius 1 is 1.33 bits per heavy atom.